The van der Waals surface area contributed by atoms with E-state index in [1.54, 1.807) is 0 Å². The molecule has 2 aromatic heterocycles. The minimum Gasteiger partial charge on any atom is -0.314 e. The van der Waals surface area contributed by atoms with Gasteiger partial charge in [0.2, 0.25) is 0 Å². The molecule has 0 radical (unpaired) electrons. The maximum absolute atomic E-state index is 11.5. The summed E-state index contributed by atoms with van der Waals surface area (Å²) in [5.74, 6) is 0. The van der Waals surface area contributed by atoms with Crippen molar-refractivity contribution in [2.24, 2.45) is 0 Å². The Morgan fingerprint density at radius 2 is 1.79 bits per heavy atom. The molecule has 3 aromatic rings. The van der Waals surface area contributed by atoms with Gasteiger partial charge in [-0.15, -0.1) is 0 Å². The molecular weight excluding hydrogens is 234 g/mol. The molecule has 2 nitrogen and oxygen atoms in total. The molecule has 0 bridgehead atoms. The second-order valence-electron chi connectivity index (χ2n) is 4.87. The van der Waals surface area contributed by atoms with Gasteiger partial charge in [-0.3, -0.25) is 4.79 Å². The predicted molar refractivity (Wildman–Crippen MR) is 77.7 cm³/mol. The second-order valence-corrected chi connectivity index (χ2v) is 4.87. The Balaban J connectivity index is 2.35. The van der Waals surface area contributed by atoms with Gasteiger partial charge in [0.1, 0.15) is 0 Å². The highest BCUT2D eigenvalue weighted by Crippen LogP contribution is 2.29. The van der Waals surface area contributed by atoms with E-state index in [9.17, 15) is 4.79 Å². The third-order valence-electron chi connectivity index (χ3n) is 3.51. The van der Waals surface area contributed by atoms with Crippen LogP contribution in [0, 0.1) is 13.8 Å². The molecule has 0 atom stereocenters. The Morgan fingerprint density at radius 3 is 2.53 bits per heavy atom. The number of pyridine rings is 1. The Hall–Kier alpha value is -2.35. The number of carbonyl (C=O) groups is 1. The third-order valence-corrected chi connectivity index (χ3v) is 3.51. The molecule has 0 N–H and O–H groups in total. The Kier molecular flexibility index (Phi) is 2.71. The van der Waals surface area contributed by atoms with Crippen LogP contribution < -0.4 is 0 Å². The molecule has 0 aliphatic heterocycles. The van der Waals surface area contributed by atoms with Gasteiger partial charge >= 0.3 is 0 Å². The van der Waals surface area contributed by atoms with Crippen molar-refractivity contribution in [3.63, 3.8) is 0 Å². The topological polar surface area (TPSA) is 21.5 Å². The van der Waals surface area contributed by atoms with Gasteiger partial charge in [-0.1, -0.05) is 24.3 Å². The van der Waals surface area contributed by atoms with E-state index in [1.165, 1.54) is 11.1 Å². The normalized spacial score (nSPS) is 10.8. The summed E-state index contributed by atoms with van der Waals surface area (Å²) in [4.78, 5) is 11.5. The lowest BCUT2D eigenvalue weighted by atomic mass is 10.0. The Labute approximate surface area is 112 Å². The summed E-state index contributed by atoms with van der Waals surface area (Å²) >= 11 is 0. The number of benzene rings is 1. The second kappa shape index (κ2) is 4.39. The molecule has 0 spiro atoms. The first kappa shape index (κ1) is 11.7. The molecule has 2 heteroatoms. The summed E-state index contributed by atoms with van der Waals surface area (Å²) in [5.41, 5.74) is 6.26. The molecule has 0 aliphatic carbocycles. The van der Waals surface area contributed by atoms with E-state index in [-0.39, 0.29) is 0 Å². The number of hydrogen-bond acceptors (Lipinski definition) is 1. The first-order valence-electron chi connectivity index (χ1n) is 6.33. The quantitative estimate of drug-likeness (QED) is 0.628. The molecule has 94 valence electrons. The van der Waals surface area contributed by atoms with Gasteiger partial charge in [0, 0.05) is 17.3 Å². The number of rotatable bonds is 2. The molecule has 2 heterocycles. The number of fused-ring (bicyclic) bond motifs is 1. The number of hydrogen-bond donors (Lipinski definition) is 0. The molecule has 1 aromatic carbocycles. The smallest absolute Gasteiger partial charge is 0.167 e. The lowest BCUT2D eigenvalue weighted by Crippen LogP contribution is -1.93. The Bertz CT molecular complexity index is 768. The van der Waals surface area contributed by atoms with Crippen molar-refractivity contribution >= 4 is 11.8 Å². The summed E-state index contributed by atoms with van der Waals surface area (Å²) in [6, 6.07) is 14.3. The number of aryl methyl sites for hydroxylation is 2. The minimum absolute atomic E-state index is 0.712. The zero-order valence-electron chi connectivity index (χ0n) is 11.1. The highest BCUT2D eigenvalue weighted by molar-refractivity contribution is 5.90. The van der Waals surface area contributed by atoms with E-state index in [2.05, 4.69) is 38.1 Å². The summed E-state index contributed by atoms with van der Waals surface area (Å²) in [6.07, 6.45) is 2.89. The number of carbonyl (C=O) groups excluding carboxylic acids is 1. The fourth-order valence-corrected chi connectivity index (χ4v) is 2.52. The average molecular weight is 249 g/mol. The Morgan fingerprint density at radius 1 is 1.00 bits per heavy atom. The van der Waals surface area contributed by atoms with E-state index in [0.29, 0.717) is 5.69 Å². The molecule has 0 unspecified atom stereocenters. The molecule has 19 heavy (non-hydrogen) atoms. The number of aldehydes is 1. The lowest BCUT2D eigenvalue weighted by Gasteiger charge is -2.04. The molecular formula is C17H15NO. The number of nitrogens with zero attached hydrogens (tertiary/aromatic N) is 1. The van der Waals surface area contributed by atoms with Crippen molar-refractivity contribution in [3.8, 4) is 11.1 Å². The molecule has 0 fully saturated rings. The predicted octanol–water partition coefficient (Wildman–Crippen LogP) is 4.04. The van der Waals surface area contributed by atoms with Crippen LogP contribution in [0.1, 0.15) is 21.6 Å². The molecule has 0 aliphatic rings. The fourth-order valence-electron chi connectivity index (χ4n) is 2.52. The van der Waals surface area contributed by atoms with E-state index in [0.717, 1.165) is 22.9 Å². The summed E-state index contributed by atoms with van der Waals surface area (Å²) in [7, 11) is 0. The standard InChI is InChI=1S/C17H15NO/c1-12-7-8-18-14(9-12)10-16(17(18)11-19)15-6-4-3-5-13(15)2/h3-11H,1-2H3. The lowest BCUT2D eigenvalue weighted by molar-refractivity contribution is 0.111. The zero-order chi connectivity index (χ0) is 13.4. The van der Waals surface area contributed by atoms with Gasteiger partial charge in [-0.25, -0.2) is 0 Å². The van der Waals surface area contributed by atoms with Crippen LogP contribution in [0.5, 0.6) is 0 Å². The fraction of sp³-hybridized carbons (Fsp3) is 0.118. The molecule has 3 rings (SSSR count). The van der Waals surface area contributed by atoms with Crippen molar-refractivity contribution < 1.29 is 4.79 Å². The summed E-state index contributed by atoms with van der Waals surface area (Å²) in [6.45, 7) is 4.12. The van der Waals surface area contributed by atoms with Crippen molar-refractivity contribution in [1.29, 1.82) is 0 Å². The van der Waals surface area contributed by atoms with E-state index in [1.807, 2.05) is 28.8 Å². The maximum Gasteiger partial charge on any atom is 0.167 e. The molecule has 0 saturated carbocycles. The summed E-state index contributed by atoms with van der Waals surface area (Å²) in [5, 5.41) is 0. The highest BCUT2D eigenvalue weighted by atomic mass is 16.1. The van der Waals surface area contributed by atoms with Crippen molar-refractivity contribution in [2.45, 2.75) is 13.8 Å². The average Bonchev–Trinajstić information content (AvgIpc) is 2.76. The monoisotopic (exact) mass is 249 g/mol. The zero-order valence-corrected chi connectivity index (χ0v) is 11.1. The van der Waals surface area contributed by atoms with Gasteiger partial charge in [0.25, 0.3) is 0 Å². The van der Waals surface area contributed by atoms with Crippen LogP contribution in [0.4, 0.5) is 0 Å². The van der Waals surface area contributed by atoms with E-state index < -0.39 is 0 Å². The van der Waals surface area contributed by atoms with E-state index >= 15 is 0 Å². The van der Waals surface area contributed by atoms with Gasteiger partial charge in [0.15, 0.2) is 6.29 Å². The SMILES string of the molecule is Cc1ccn2c(C=O)c(-c3ccccc3C)cc2c1. The maximum atomic E-state index is 11.5. The van der Waals surface area contributed by atoms with Crippen LogP contribution in [0.2, 0.25) is 0 Å². The third kappa shape index (κ3) is 1.85. The van der Waals surface area contributed by atoms with Crippen molar-refractivity contribution in [1.82, 2.24) is 4.40 Å². The van der Waals surface area contributed by atoms with Crippen molar-refractivity contribution in [3.05, 3.63) is 65.5 Å². The largest absolute Gasteiger partial charge is 0.314 e. The highest BCUT2D eigenvalue weighted by Gasteiger charge is 2.12. The minimum atomic E-state index is 0.712. The summed E-state index contributed by atoms with van der Waals surface area (Å²) < 4.78 is 1.95. The molecule has 0 saturated heterocycles. The van der Waals surface area contributed by atoms with Crippen LogP contribution in [0.3, 0.4) is 0 Å². The van der Waals surface area contributed by atoms with Crippen LogP contribution >= 0.6 is 0 Å². The van der Waals surface area contributed by atoms with Gasteiger partial charge in [0.05, 0.1) is 5.69 Å². The van der Waals surface area contributed by atoms with E-state index in [4.69, 9.17) is 0 Å². The number of aromatic nitrogens is 1. The first-order chi connectivity index (χ1) is 9.20. The van der Waals surface area contributed by atoms with Crippen LogP contribution in [0.25, 0.3) is 16.6 Å². The van der Waals surface area contributed by atoms with Crippen LogP contribution in [-0.2, 0) is 0 Å². The van der Waals surface area contributed by atoms with Crippen LogP contribution in [-0.4, -0.2) is 10.7 Å². The van der Waals surface area contributed by atoms with Gasteiger partial charge in [-0.05, 0) is 48.7 Å². The molecule has 0 amide bonds. The van der Waals surface area contributed by atoms with Crippen molar-refractivity contribution in [2.75, 3.05) is 0 Å². The first-order valence-corrected chi connectivity index (χ1v) is 6.33. The van der Waals surface area contributed by atoms with Gasteiger partial charge in [-0.2, -0.15) is 0 Å². The van der Waals surface area contributed by atoms with Crippen LogP contribution in [0.15, 0.2) is 48.7 Å². The van der Waals surface area contributed by atoms with Gasteiger partial charge < -0.3 is 4.40 Å².